The van der Waals surface area contributed by atoms with Crippen molar-refractivity contribution < 1.29 is 14.6 Å². The molecule has 0 heterocycles. The number of rotatable bonds is 5. The van der Waals surface area contributed by atoms with Crippen molar-refractivity contribution in [1.82, 2.24) is 0 Å². The molecule has 4 heteroatoms. The largest absolute Gasteiger partial charge is 0.493 e. The highest BCUT2D eigenvalue weighted by atomic mass is 35.5. The Labute approximate surface area is 107 Å². The van der Waals surface area contributed by atoms with Gasteiger partial charge in [0.05, 0.1) is 19.3 Å². The summed E-state index contributed by atoms with van der Waals surface area (Å²) in [4.78, 5) is 0. The molecule has 0 aliphatic heterocycles. The van der Waals surface area contributed by atoms with Gasteiger partial charge in [-0.3, -0.25) is 0 Å². The van der Waals surface area contributed by atoms with Crippen LogP contribution in [-0.4, -0.2) is 24.4 Å². The van der Waals surface area contributed by atoms with Crippen molar-refractivity contribution in [3.05, 3.63) is 22.7 Å². The molecule has 0 amide bonds. The zero-order valence-corrected chi connectivity index (χ0v) is 11.4. The number of halogens is 1. The van der Waals surface area contributed by atoms with Gasteiger partial charge in [-0.25, -0.2) is 0 Å². The van der Waals surface area contributed by atoms with Crippen LogP contribution in [0, 0.1) is 0 Å². The van der Waals surface area contributed by atoms with E-state index in [-0.39, 0.29) is 6.10 Å². The van der Waals surface area contributed by atoms with E-state index in [2.05, 4.69) is 0 Å². The highest BCUT2D eigenvalue weighted by molar-refractivity contribution is 6.31. The average molecular weight is 259 g/mol. The van der Waals surface area contributed by atoms with Gasteiger partial charge in [-0.15, -0.1) is 0 Å². The van der Waals surface area contributed by atoms with E-state index in [1.807, 2.05) is 19.9 Å². The topological polar surface area (TPSA) is 38.7 Å². The molecule has 0 bridgehead atoms. The van der Waals surface area contributed by atoms with Crippen molar-refractivity contribution in [2.45, 2.75) is 39.4 Å². The summed E-state index contributed by atoms with van der Waals surface area (Å²) in [5.74, 6) is 1.26. The second-order valence-electron chi connectivity index (χ2n) is 4.31. The van der Waals surface area contributed by atoms with Crippen LogP contribution in [0.2, 0.25) is 5.02 Å². The van der Waals surface area contributed by atoms with Gasteiger partial charge in [0, 0.05) is 11.1 Å². The van der Waals surface area contributed by atoms with Crippen LogP contribution in [0.1, 0.15) is 26.3 Å². The van der Waals surface area contributed by atoms with Gasteiger partial charge in [0.1, 0.15) is 0 Å². The van der Waals surface area contributed by atoms with Gasteiger partial charge in [-0.05, 0) is 38.8 Å². The molecular weight excluding hydrogens is 240 g/mol. The third-order valence-corrected chi connectivity index (χ3v) is 2.56. The van der Waals surface area contributed by atoms with Crippen LogP contribution < -0.4 is 9.47 Å². The van der Waals surface area contributed by atoms with Crippen LogP contribution in [0.15, 0.2) is 12.1 Å². The van der Waals surface area contributed by atoms with Crippen molar-refractivity contribution in [2.24, 2.45) is 0 Å². The summed E-state index contributed by atoms with van der Waals surface area (Å²) in [5, 5.41) is 9.96. The lowest BCUT2D eigenvalue weighted by Gasteiger charge is -2.16. The van der Waals surface area contributed by atoms with Crippen LogP contribution in [0.4, 0.5) is 0 Å². The second kappa shape index (κ2) is 6.12. The van der Waals surface area contributed by atoms with Crippen molar-refractivity contribution in [3.63, 3.8) is 0 Å². The number of hydrogen-bond donors (Lipinski definition) is 1. The predicted octanol–water partition coefficient (Wildman–Crippen LogP) is 3.06. The maximum atomic E-state index is 9.38. The van der Waals surface area contributed by atoms with E-state index in [4.69, 9.17) is 21.1 Å². The molecule has 3 nitrogen and oxygen atoms in total. The Morgan fingerprint density at radius 2 is 1.88 bits per heavy atom. The lowest BCUT2D eigenvalue weighted by atomic mass is 10.1. The van der Waals surface area contributed by atoms with Gasteiger partial charge in [0.2, 0.25) is 0 Å². The normalized spacial score (nSPS) is 12.6. The lowest BCUT2D eigenvalue weighted by molar-refractivity contribution is 0.195. The highest BCUT2D eigenvalue weighted by Gasteiger charge is 2.13. The minimum atomic E-state index is -0.436. The fourth-order valence-electron chi connectivity index (χ4n) is 1.56. The molecule has 1 unspecified atom stereocenters. The fourth-order valence-corrected chi connectivity index (χ4v) is 1.79. The molecule has 0 saturated heterocycles. The molecule has 0 aliphatic rings. The Bertz CT molecular complexity index is 375. The van der Waals surface area contributed by atoms with Crippen molar-refractivity contribution in [2.75, 3.05) is 7.11 Å². The monoisotopic (exact) mass is 258 g/mol. The Morgan fingerprint density at radius 1 is 1.24 bits per heavy atom. The molecule has 0 aliphatic carbocycles. The second-order valence-corrected chi connectivity index (χ2v) is 4.72. The van der Waals surface area contributed by atoms with Gasteiger partial charge < -0.3 is 14.6 Å². The molecule has 96 valence electrons. The molecule has 1 N–H and O–H groups in total. The molecule has 1 atom stereocenters. The van der Waals surface area contributed by atoms with E-state index in [1.54, 1.807) is 20.1 Å². The van der Waals surface area contributed by atoms with E-state index in [1.165, 1.54) is 0 Å². The molecule has 0 radical (unpaired) electrons. The summed E-state index contributed by atoms with van der Waals surface area (Å²) in [6, 6.07) is 3.55. The molecule has 17 heavy (non-hydrogen) atoms. The zero-order chi connectivity index (χ0) is 13.0. The Kier molecular flexibility index (Phi) is 5.09. The van der Waals surface area contributed by atoms with Crippen molar-refractivity contribution in [1.29, 1.82) is 0 Å². The number of aliphatic hydroxyl groups excluding tert-OH is 1. The summed E-state index contributed by atoms with van der Waals surface area (Å²) in [5.41, 5.74) is 0.856. The number of benzene rings is 1. The summed E-state index contributed by atoms with van der Waals surface area (Å²) in [7, 11) is 1.59. The molecule has 1 rings (SSSR count). The van der Waals surface area contributed by atoms with E-state index < -0.39 is 6.10 Å². The summed E-state index contributed by atoms with van der Waals surface area (Å²) >= 11 is 6.14. The Hall–Kier alpha value is -0.930. The van der Waals surface area contributed by atoms with E-state index in [9.17, 15) is 5.11 Å². The van der Waals surface area contributed by atoms with Gasteiger partial charge in [-0.1, -0.05) is 11.6 Å². The van der Waals surface area contributed by atoms with Crippen LogP contribution in [0.5, 0.6) is 11.5 Å². The number of ether oxygens (including phenoxy) is 2. The average Bonchev–Trinajstić information content (AvgIpc) is 2.20. The Balaban J connectivity index is 3.06. The molecule has 0 spiro atoms. The third kappa shape index (κ3) is 4.10. The lowest BCUT2D eigenvalue weighted by Crippen LogP contribution is -2.08. The molecule has 0 fully saturated rings. The SMILES string of the molecule is COc1cc(CC(C)O)c(Cl)cc1OC(C)C. The number of aliphatic hydroxyl groups is 1. The van der Waals surface area contributed by atoms with Crippen LogP contribution >= 0.6 is 11.6 Å². The van der Waals surface area contributed by atoms with E-state index in [0.717, 1.165) is 5.56 Å². The summed E-state index contributed by atoms with van der Waals surface area (Å²) in [6.07, 6.45) is 0.119. The minimum Gasteiger partial charge on any atom is -0.493 e. The predicted molar refractivity (Wildman–Crippen MR) is 69.2 cm³/mol. The van der Waals surface area contributed by atoms with E-state index >= 15 is 0 Å². The summed E-state index contributed by atoms with van der Waals surface area (Å²) < 4.78 is 10.9. The summed E-state index contributed by atoms with van der Waals surface area (Å²) in [6.45, 7) is 5.61. The molecule has 0 saturated carbocycles. The van der Waals surface area contributed by atoms with Crippen molar-refractivity contribution in [3.8, 4) is 11.5 Å². The third-order valence-electron chi connectivity index (χ3n) is 2.21. The van der Waals surface area contributed by atoms with Crippen LogP contribution in [0.3, 0.4) is 0 Å². The molecule has 0 aromatic heterocycles. The molecule has 1 aromatic rings. The van der Waals surface area contributed by atoms with Crippen molar-refractivity contribution >= 4 is 11.6 Å². The standard InChI is InChI=1S/C13H19ClO3/c1-8(2)17-13-7-11(14)10(5-9(3)15)6-12(13)16-4/h6-9,15H,5H2,1-4H3. The fraction of sp³-hybridized carbons (Fsp3) is 0.538. The van der Waals surface area contributed by atoms with Crippen LogP contribution in [0.25, 0.3) is 0 Å². The molecule has 1 aromatic carbocycles. The first-order chi connectivity index (χ1) is 7.93. The molecular formula is C13H19ClO3. The number of hydrogen-bond acceptors (Lipinski definition) is 3. The van der Waals surface area contributed by atoms with E-state index in [0.29, 0.717) is 22.9 Å². The maximum Gasteiger partial charge on any atom is 0.163 e. The quantitative estimate of drug-likeness (QED) is 0.882. The zero-order valence-electron chi connectivity index (χ0n) is 10.7. The highest BCUT2D eigenvalue weighted by Crippen LogP contribution is 2.34. The van der Waals surface area contributed by atoms with Crippen LogP contribution in [-0.2, 0) is 6.42 Å². The first-order valence-electron chi connectivity index (χ1n) is 5.65. The Morgan fingerprint density at radius 3 is 2.35 bits per heavy atom. The first-order valence-corrected chi connectivity index (χ1v) is 6.03. The van der Waals surface area contributed by atoms with Gasteiger partial charge in [0.25, 0.3) is 0 Å². The first kappa shape index (κ1) is 14.1. The van der Waals surface area contributed by atoms with Gasteiger partial charge >= 0.3 is 0 Å². The number of methoxy groups -OCH3 is 1. The maximum absolute atomic E-state index is 9.38. The van der Waals surface area contributed by atoms with Gasteiger partial charge in [-0.2, -0.15) is 0 Å². The smallest absolute Gasteiger partial charge is 0.163 e. The minimum absolute atomic E-state index is 0.0579. The van der Waals surface area contributed by atoms with Gasteiger partial charge in [0.15, 0.2) is 11.5 Å².